The molecule has 0 fully saturated rings. The zero-order chi connectivity index (χ0) is 28.9. The Hall–Kier alpha value is -4.18. The molecule has 210 valence electrons. The van der Waals surface area contributed by atoms with Gasteiger partial charge in [0.25, 0.3) is 0 Å². The van der Waals surface area contributed by atoms with Gasteiger partial charge in [-0.1, -0.05) is 35.4 Å². The summed E-state index contributed by atoms with van der Waals surface area (Å²) in [5.74, 6) is 0.823. The number of carboxylic acid groups (broad SMARTS) is 1. The van der Waals surface area contributed by atoms with Crippen LogP contribution >= 0.6 is 23.2 Å². The summed E-state index contributed by atoms with van der Waals surface area (Å²) in [5.41, 5.74) is 4.43. The van der Waals surface area contributed by atoms with E-state index in [2.05, 4.69) is 27.7 Å². The number of carbonyl (C=O) groups is 1. The predicted octanol–water partition coefficient (Wildman–Crippen LogP) is 6.43. The van der Waals surface area contributed by atoms with Crippen molar-refractivity contribution in [1.29, 1.82) is 0 Å². The fraction of sp³-hybridized carbons (Fsp3) is 0.200. The average molecular weight is 592 g/mol. The monoisotopic (exact) mass is 591 g/mol. The maximum atomic E-state index is 11.6. The van der Waals surface area contributed by atoms with E-state index < -0.39 is 5.97 Å². The Kier molecular flexibility index (Phi) is 8.68. The van der Waals surface area contributed by atoms with Gasteiger partial charge in [-0.15, -0.1) is 0 Å². The summed E-state index contributed by atoms with van der Waals surface area (Å²) in [4.78, 5) is 27.1. The number of fused-ring (bicyclic) bond motifs is 1. The minimum absolute atomic E-state index is 0.196. The first-order chi connectivity index (χ1) is 19.8. The molecule has 11 heteroatoms. The molecule has 0 radical (unpaired) electrons. The highest BCUT2D eigenvalue weighted by atomic mass is 35.5. The highest BCUT2D eigenvalue weighted by Gasteiger charge is 2.21. The summed E-state index contributed by atoms with van der Waals surface area (Å²) >= 11 is 12.2. The highest BCUT2D eigenvalue weighted by molar-refractivity contribution is 6.35. The number of carboxylic acids is 1. The van der Waals surface area contributed by atoms with Crippen molar-refractivity contribution in [3.05, 3.63) is 111 Å². The number of aliphatic imine (C=N–C) groups is 1. The van der Waals surface area contributed by atoms with Gasteiger partial charge in [0.15, 0.2) is 0 Å². The Bertz CT molecular complexity index is 1690. The summed E-state index contributed by atoms with van der Waals surface area (Å²) in [5, 5.41) is 10.5. The third-order valence-corrected chi connectivity index (χ3v) is 7.21. The molecule has 0 bridgehead atoms. The van der Waals surface area contributed by atoms with Crippen molar-refractivity contribution in [2.24, 2.45) is 4.99 Å². The van der Waals surface area contributed by atoms with Gasteiger partial charge in [0, 0.05) is 18.1 Å². The summed E-state index contributed by atoms with van der Waals surface area (Å²) in [6.07, 6.45) is 9.26. The molecule has 0 aliphatic carbocycles. The number of halogens is 2. The average Bonchev–Trinajstić information content (AvgIpc) is 3.71. The number of oxazole rings is 1. The molecule has 1 aliphatic rings. The van der Waals surface area contributed by atoms with Crippen LogP contribution in [0.25, 0.3) is 11.0 Å². The molecule has 3 heterocycles. The topological polar surface area (TPSA) is 106 Å². The minimum Gasteiger partial charge on any atom is -0.486 e. The molecule has 0 spiro atoms. The molecule has 4 aromatic rings. The van der Waals surface area contributed by atoms with Gasteiger partial charge in [-0.2, -0.15) is 0 Å². The van der Waals surface area contributed by atoms with Gasteiger partial charge in [-0.25, -0.2) is 14.8 Å². The third kappa shape index (κ3) is 6.59. The summed E-state index contributed by atoms with van der Waals surface area (Å²) < 4.78 is 13.3. The van der Waals surface area contributed by atoms with Crippen LogP contribution in [0.2, 0.25) is 10.0 Å². The lowest BCUT2D eigenvalue weighted by atomic mass is 10.1. The molecule has 1 aliphatic heterocycles. The summed E-state index contributed by atoms with van der Waals surface area (Å²) in [6, 6.07) is 9.99. The minimum atomic E-state index is -0.993. The van der Waals surface area contributed by atoms with Crippen LogP contribution in [-0.4, -0.2) is 56.9 Å². The molecular formula is C30H27Cl2N5O4. The molecule has 0 amide bonds. The Labute approximate surface area is 246 Å². The Morgan fingerprint density at radius 2 is 2.10 bits per heavy atom. The number of benzene rings is 2. The molecular weight excluding hydrogens is 565 g/mol. The number of aromatic carboxylic acids is 1. The van der Waals surface area contributed by atoms with Gasteiger partial charge in [-0.05, 0) is 67.3 Å². The molecule has 5 rings (SSSR count). The van der Waals surface area contributed by atoms with Crippen LogP contribution in [0, 0.1) is 0 Å². The summed E-state index contributed by atoms with van der Waals surface area (Å²) in [7, 11) is 0. The van der Waals surface area contributed by atoms with Crippen LogP contribution in [0.15, 0.2) is 93.3 Å². The number of hydrogen-bond donors (Lipinski definition) is 1. The maximum absolute atomic E-state index is 11.6. The van der Waals surface area contributed by atoms with Gasteiger partial charge in [0.05, 0.1) is 40.1 Å². The van der Waals surface area contributed by atoms with E-state index in [1.807, 2.05) is 23.6 Å². The second kappa shape index (κ2) is 12.6. The van der Waals surface area contributed by atoms with Crippen molar-refractivity contribution in [3.63, 3.8) is 0 Å². The fourth-order valence-electron chi connectivity index (χ4n) is 4.63. The van der Waals surface area contributed by atoms with E-state index >= 15 is 0 Å². The van der Waals surface area contributed by atoms with Crippen molar-refractivity contribution >= 4 is 46.9 Å². The van der Waals surface area contributed by atoms with Gasteiger partial charge < -0.3 is 18.8 Å². The van der Waals surface area contributed by atoms with E-state index in [0.29, 0.717) is 58.1 Å². The normalized spacial score (nSPS) is 14.5. The number of ether oxygens (including phenoxy) is 1. The second-order valence-electron chi connectivity index (χ2n) is 9.35. The van der Waals surface area contributed by atoms with Crippen molar-refractivity contribution in [2.45, 2.75) is 20.0 Å². The van der Waals surface area contributed by atoms with Crippen molar-refractivity contribution in [3.8, 4) is 5.75 Å². The van der Waals surface area contributed by atoms with Crippen LogP contribution < -0.4 is 4.74 Å². The zero-order valence-electron chi connectivity index (χ0n) is 22.3. The standard InChI is InChI=1S/C30H27Cl2N5O4/c1-3-19(12-23(33-2)18-41-27-7-5-22(31)14-24(27)32)21-8-10-36(15-21)16-28-35-25-6-4-20(30(38)39)13-26(25)37(28)17-29-34-9-11-40-29/h3-9,11-14H,2,10,15-18H2,1H3,(H,38,39)/b19-3+,23-12-. The molecule has 0 atom stereocenters. The van der Waals surface area contributed by atoms with E-state index in [1.165, 1.54) is 6.26 Å². The molecule has 41 heavy (non-hydrogen) atoms. The van der Waals surface area contributed by atoms with Crippen molar-refractivity contribution in [1.82, 2.24) is 19.4 Å². The second-order valence-corrected chi connectivity index (χ2v) is 10.2. The van der Waals surface area contributed by atoms with Crippen molar-refractivity contribution < 1.29 is 19.1 Å². The van der Waals surface area contributed by atoms with E-state index in [4.69, 9.17) is 37.3 Å². The number of rotatable bonds is 11. The Morgan fingerprint density at radius 3 is 2.80 bits per heavy atom. The fourth-order valence-corrected chi connectivity index (χ4v) is 5.09. The number of hydrogen-bond acceptors (Lipinski definition) is 7. The first-order valence-corrected chi connectivity index (χ1v) is 13.5. The zero-order valence-corrected chi connectivity index (χ0v) is 23.8. The maximum Gasteiger partial charge on any atom is 0.335 e. The van der Waals surface area contributed by atoms with Crippen LogP contribution in [0.5, 0.6) is 5.75 Å². The van der Waals surface area contributed by atoms with Gasteiger partial charge in [0.1, 0.15) is 31.0 Å². The lowest BCUT2D eigenvalue weighted by Crippen LogP contribution is -2.23. The number of imidazole rings is 1. The lowest BCUT2D eigenvalue weighted by molar-refractivity contribution is 0.0697. The van der Waals surface area contributed by atoms with E-state index in [9.17, 15) is 9.90 Å². The highest BCUT2D eigenvalue weighted by Crippen LogP contribution is 2.29. The Balaban J connectivity index is 1.31. The molecule has 1 N–H and O–H groups in total. The third-order valence-electron chi connectivity index (χ3n) is 6.68. The van der Waals surface area contributed by atoms with Gasteiger partial charge in [0.2, 0.25) is 5.89 Å². The van der Waals surface area contributed by atoms with Crippen LogP contribution in [0.4, 0.5) is 0 Å². The van der Waals surface area contributed by atoms with E-state index in [1.54, 1.807) is 42.6 Å². The number of aromatic nitrogens is 3. The molecule has 0 saturated heterocycles. The van der Waals surface area contributed by atoms with Gasteiger partial charge in [-0.3, -0.25) is 9.89 Å². The first-order valence-electron chi connectivity index (χ1n) is 12.8. The Morgan fingerprint density at radius 1 is 1.24 bits per heavy atom. The van der Waals surface area contributed by atoms with Gasteiger partial charge >= 0.3 is 5.97 Å². The van der Waals surface area contributed by atoms with Crippen LogP contribution in [0.1, 0.15) is 29.0 Å². The number of allylic oxidation sites excluding steroid dienone is 2. The lowest BCUT2D eigenvalue weighted by Gasteiger charge is -2.17. The SMILES string of the molecule is C=N/C(=C\C(=C/C)C1=CCN(Cc2nc3ccc(C(=O)O)cc3n2Cc2ncco2)C1)COc1ccc(Cl)cc1Cl. The smallest absolute Gasteiger partial charge is 0.335 e. The van der Waals surface area contributed by atoms with Crippen LogP contribution in [-0.2, 0) is 13.1 Å². The first kappa shape index (κ1) is 28.4. The molecule has 0 unspecified atom stereocenters. The molecule has 0 saturated carbocycles. The van der Waals surface area contributed by atoms with Crippen LogP contribution in [0.3, 0.4) is 0 Å². The van der Waals surface area contributed by atoms with E-state index in [0.717, 1.165) is 23.5 Å². The molecule has 2 aromatic carbocycles. The predicted molar refractivity (Wildman–Crippen MR) is 159 cm³/mol. The number of nitrogens with zero attached hydrogens (tertiary/aromatic N) is 5. The quantitative estimate of drug-likeness (QED) is 0.158. The van der Waals surface area contributed by atoms with E-state index in [-0.39, 0.29) is 12.2 Å². The summed E-state index contributed by atoms with van der Waals surface area (Å²) in [6.45, 7) is 8.16. The molecule has 2 aromatic heterocycles. The largest absolute Gasteiger partial charge is 0.486 e. The molecule has 9 nitrogen and oxygen atoms in total. The van der Waals surface area contributed by atoms with Crippen molar-refractivity contribution in [2.75, 3.05) is 19.7 Å².